The SMILES string of the molecule is CCc1ccc(/C(O)=C2\C(=O)C(=O)N(c3ccc(N4CCN(C)CC4)cc3)C2c2cccnc2)cc1. The molecule has 7 heteroatoms. The van der Waals surface area contributed by atoms with E-state index in [9.17, 15) is 14.7 Å². The molecule has 1 unspecified atom stereocenters. The lowest BCUT2D eigenvalue weighted by molar-refractivity contribution is -0.132. The zero-order valence-corrected chi connectivity index (χ0v) is 20.6. The Morgan fingerprint density at radius 2 is 1.61 bits per heavy atom. The number of ketones is 1. The number of hydrogen-bond acceptors (Lipinski definition) is 6. The van der Waals surface area contributed by atoms with E-state index < -0.39 is 17.7 Å². The summed E-state index contributed by atoms with van der Waals surface area (Å²) in [6, 6.07) is 17.9. The number of hydrogen-bond donors (Lipinski definition) is 1. The van der Waals surface area contributed by atoms with Crippen molar-refractivity contribution in [3.8, 4) is 0 Å². The molecule has 1 aromatic heterocycles. The van der Waals surface area contributed by atoms with Crippen LogP contribution in [-0.2, 0) is 16.0 Å². The van der Waals surface area contributed by atoms with Gasteiger partial charge in [0.05, 0.1) is 11.6 Å². The van der Waals surface area contributed by atoms with Gasteiger partial charge in [0.25, 0.3) is 11.7 Å². The Kier molecular flexibility index (Phi) is 6.57. The molecule has 2 saturated heterocycles. The van der Waals surface area contributed by atoms with E-state index in [4.69, 9.17) is 0 Å². The molecular formula is C29H30N4O3. The van der Waals surface area contributed by atoms with E-state index >= 15 is 0 Å². The lowest BCUT2D eigenvalue weighted by atomic mass is 9.95. The average molecular weight is 483 g/mol. The van der Waals surface area contributed by atoms with Crippen molar-refractivity contribution in [1.29, 1.82) is 0 Å². The fourth-order valence-electron chi connectivity index (χ4n) is 4.89. The highest BCUT2D eigenvalue weighted by Gasteiger charge is 2.47. The van der Waals surface area contributed by atoms with Crippen molar-refractivity contribution in [2.24, 2.45) is 0 Å². The van der Waals surface area contributed by atoms with E-state index in [1.54, 1.807) is 30.6 Å². The number of piperazine rings is 1. The highest BCUT2D eigenvalue weighted by molar-refractivity contribution is 6.51. The van der Waals surface area contributed by atoms with Crippen molar-refractivity contribution in [3.05, 3.63) is 95.3 Å². The largest absolute Gasteiger partial charge is 0.507 e. The minimum atomic E-state index is -0.779. The van der Waals surface area contributed by atoms with Gasteiger partial charge in [-0.1, -0.05) is 37.3 Å². The first kappa shape index (κ1) is 23.8. The number of amides is 1. The summed E-state index contributed by atoms with van der Waals surface area (Å²) in [5.41, 5.74) is 4.04. The van der Waals surface area contributed by atoms with Gasteiger partial charge in [-0.25, -0.2) is 0 Å². The maximum absolute atomic E-state index is 13.4. The summed E-state index contributed by atoms with van der Waals surface area (Å²) in [5.74, 6) is -1.55. The van der Waals surface area contributed by atoms with Gasteiger partial charge in [-0.2, -0.15) is 0 Å². The summed E-state index contributed by atoms with van der Waals surface area (Å²) in [6.07, 6.45) is 4.14. The number of pyridine rings is 1. The molecule has 1 N–H and O–H groups in total. The molecule has 2 aliphatic heterocycles. The Hall–Kier alpha value is -3.97. The van der Waals surface area contributed by atoms with Gasteiger partial charge in [-0.3, -0.25) is 19.5 Å². The van der Waals surface area contributed by atoms with Crippen molar-refractivity contribution < 1.29 is 14.7 Å². The standard InChI is InChI=1S/C29H30N4O3/c1-3-20-6-8-21(9-7-20)27(34)25-26(22-5-4-14-30-19-22)33(29(36)28(25)35)24-12-10-23(11-13-24)32-17-15-31(2)16-18-32/h4-14,19,26,34H,3,15-18H2,1-2H3/b27-25+. The number of carbonyl (C=O) groups is 2. The molecule has 3 aromatic rings. The number of aryl methyl sites for hydroxylation is 1. The average Bonchev–Trinajstić information content (AvgIpc) is 3.19. The van der Waals surface area contributed by atoms with Crippen LogP contribution in [0.2, 0.25) is 0 Å². The van der Waals surface area contributed by atoms with E-state index in [1.165, 1.54) is 4.90 Å². The Morgan fingerprint density at radius 3 is 2.22 bits per heavy atom. The molecular weight excluding hydrogens is 452 g/mol. The summed E-state index contributed by atoms with van der Waals surface area (Å²) >= 11 is 0. The predicted molar refractivity (Wildman–Crippen MR) is 141 cm³/mol. The van der Waals surface area contributed by atoms with E-state index in [1.807, 2.05) is 42.5 Å². The minimum absolute atomic E-state index is 0.0698. The van der Waals surface area contributed by atoms with Crippen molar-refractivity contribution in [1.82, 2.24) is 9.88 Å². The van der Waals surface area contributed by atoms with E-state index in [2.05, 4.69) is 28.8 Å². The number of anilines is 2. The molecule has 184 valence electrons. The zero-order chi connectivity index (χ0) is 25.2. The Bertz CT molecular complexity index is 1280. The van der Waals surface area contributed by atoms with Gasteiger partial charge >= 0.3 is 0 Å². The Balaban J connectivity index is 1.55. The number of benzene rings is 2. The molecule has 2 aromatic carbocycles. The van der Waals surface area contributed by atoms with Crippen LogP contribution in [-0.4, -0.2) is 59.9 Å². The summed E-state index contributed by atoms with van der Waals surface area (Å²) < 4.78 is 0. The van der Waals surface area contributed by atoms with Crippen LogP contribution in [0.1, 0.15) is 29.7 Å². The monoisotopic (exact) mass is 482 g/mol. The molecule has 3 heterocycles. The third-order valence-electron chi connectivity index (χ3n) is 7.08. The number of aromatic nitrogens is 1. The molecule has 2 fully saturated rings. The molecule has 1 atom stereocenters. The molecule has 0 radical (unpaired) electrons. The second-order valence-corrected chi connectivity index (χ2v) is 9.31. The topological polar surface area (TPSA) is 77.0 Å². The van der Waals surface area contributed by atoms with Crippen LogP contribution in [0.3, 0.4) is 0 Å². The first-order valence-electron chi connectivity index (χ1n) is 12.3. The number of nitrogens with zero attached hydrogens (tertiary/aromatic N) is 4. The third-order valence-corrected chi connectivity index (χ3v) is 7.08. The molecule has 5 rings (SSSR count). The van der Waals surface area contributed by atoms with Crippen molar-refractivity contribution in [2.45, 2.75) is 19.4 Å². The fourth-order valence-corrected chi connectivity index (χ4v) is 4.89. The second-order valence-electron chi connectivity index (χ2n) is 9.31. The van der Waals surface area contributed by atoms with Crippen LogP contribution < -0.4 is 9.80 Å². The Labute approximate surface area is 211 Å². The maximum atomic E-state index is 13.4. The van der Waals surface area contributed by atoms with E-state index in [0.717, 1.165) is 43.9 Å². The van der Waals surface area contributed by atoms with Crippen LogP contribution in [0.15, 0.2) is 78.6 Å². The molecule has 0 spiro atoms. The quantitative estimate of drug-likeness (QED) is 0.336. The van der Waals surface area contributed by atoms with Gasteiger partial charge in [0.15, 0.2) is 0 Å². The summed E-state index contributed by atoms with van der Waals surface area (Å²) in [6.45, 7) is 5.92. The van der Waals surface area contributed by atoms with Crippen LogP contribution in [0, 0.1) is 0 Å². The van der Waals surface area contributed by atoms with Crippen molar-refractivity contribution >= 4 is 28.8 Å². The van der Waals surface area contributed by atoms with E-state index in [0.29, 0.717) is 16.8 Å². The van der Waals surface area contributed by atoms with Crippen LogP contribution >= 0.6 is 0 Å². The zero-order valence-electron chi connectivity index (χ0n) is 20.6. The van der Waals surface area contributed by atoms with Gasteiger partial charge in [0.1, 0.15) is 5.76 Å². The van der Waals surface area contributed by atoms with Crippen LogP contribution in [0.5, 0.6) is 0 Å². The van der Waals surface area contributed by atoms with Gasteiger partial charge in [0.2, 0.25) is 0 Å². The van der Waals surface area contributed by atoms with E-state index in [-0.39, 0.29) is 11.3 Å². The number of Topliss-reactive ketones (excluding diaryl/α,β-unsaturated/α-hetero) is 1. The van der Waals surface area contributed by atoms with Gasteiger partial charge in [-0.05, 0) is 54.9 Å². The number of likely N-dealkylation sites (N-methyl/N-ethyl adjacent to an activating group) is 1. The molecule has 1 amide bonds. The fraction of sp³-hybridized carbons (Fsp3) is 0.276. The normalized spacial score (nSPS) is 20.2. The first-order valence-corrected chi connectivity index (χ1v) is 12.3. The number of aliphatic hydroxyl groups excluding tert-OH is 1. The van der Waals surface area contributed by atoms with Crippen molar-refractivity contribution in [2.75, 3.05) is 43.0 Å². The number of rotatable bonds is 5. The second kappa shape index (κ2) is 9.95. The van der Waals surface area contributed by atoms with Crippen LogP contribution in [0.25, 0.3) is 5.76 Å². The highest BCUT2D eigenvalue weighted by Crippen LogP contribution is 2.42. The summed E-state index contributed by atoms with van der Waals surface area (Å²) in [4.78, 5) is 37.0. The third kappa shape index (κ3) is 4.38. The highest BCUT2D eigenvalue weighted by atomic mass is 16.3. The molecule has 0 saturated carbocycles. The van der Waals surface area contributed by atoms with Gasteiger partial charge in [0, 0.05) is 55.5 Å². The molecule has 36 heavy (non-hydrogen) atoms. The molecule has 0 bridgehead atoms. The minimum Gasteiger partial charge on any atom is -0.507 e. The van der Waals surface area contributed by atoms with Gasteiger partial charge < -0.3 is 14.9 Å². The lowest BCUT2D eigenvalue weighted by Gasteiger charge is -2.34. The molecule has 0 aliphatic carbocycles. The van der Waals surface area contributed by atoms with Crippen molar-refractivity contribution in [3.63, 3.8) is 0 Å². The molecule has 7 nitrogen and oxygen atoms in total. The predicted octanol–water partition coefficient (Wildman–Crippen LogP) is 4.02. The first-order chi connectivity index (χ1) is 17.5. The Morgan fingerprint density at radius 1 is 0.944 bits per heavy atom. The lowest BCUT2D eigenvalue weighted by Crippen LogP contribution is -2.44. The van der Waals surface area contributed by atoms with Gasteiger partial charge in [-0.15, -0.1) is 0 Å². The number of aliphatic hydroxyl groups is 1. The van der Waals surface area contributed by atoms with Crippen LogP contribution in [0.4, 0.5) is 11.4 Å². The summed E-state index contributed by atoms with van der Waals surface area (Å²) in [5, 5.41) is 11.3. The maximum Gasteiger partial charge on any atom is 0.300 e. The molecule has 2 aliphatic rings. The number of carbonyl (C=O) groups excluding carboxylic acids is 2. The smallest absolute Gasteiger partial charge is 0.300 e. The summed E-state index contributed by atoms with van der Waals surface area (Å²) in [7, 11) is 2.12.